The van der Waals surface area contributed by atoms with Gasteiger partial charge in [0.1, 0.15) is 0 Å². The topological polar surface area (TPSA) is 12.0 Å². The summed E-state index contributed by atoms with van der Waals surface area (Å²) >= 11 is 0. The Labute approximate surface area is 99.3 Å². The molecule has 1 aliphatic carbocycles. The predicted octanol–water partition coefficient (Wildman–Crippen LogP) is 3.18. The number of rotatable bonds is 4. The SMILES string of the molecule is CC(C)CC(C)NC1Cc2ccccc2C1. The standard InChI is InChI=1S/C15H23N/c1-11(2)8-12(3)16-15-9-13-6-4-5-7-14(13)10-15/h4-7,11-12,15-16H,8-10H2,1-3H3. The second kappa shape index (κ2) is 5.01. The number of benzene rings is 1. The van der Waals surface area contributed by atoms with Crippen LogP contribution in [0.1, 0.15) is 38.3 Å². The van der Waals surface area contributed by atoms with Crippen LogP contribution < -0.4 is 5.32 Å². The minimum atomic E-state index is 0.638. The summed E-state index contributed by atoms with van der Waals surface area (Å²) in [7, 11) is 0. The van der Waals surface area contributed by atoms with Crippen molar-refractivity contribution in [2.24, 2.45) is 5.92 Å². The van der Waals surface area contributed by atoms with Crippen LogP contribution in [0.5, 0.6) is 0 Å². The Kier molecular flexibility index (Phi) is 3.65. The molecule has 1 heteroatoms. The van der Waals surface area contributed by atoms with Gasteiger partial charge in [0, 0.05) is 12.1 Å². The summed E-state index contributed by atoms with van der Waals surface area (Å²) in [6.45, 7) is 6.89. The molecule has 1 aromatic carbocycles. The van der Waals surface area contributed by atoms with Crippen LogP contribution in [-0.2, 0) is 12.8 Å². The predicted molar refractivity (Wildman–Crippen MR) is 69.7 cm³/mol. The Balaban J connectivity index is 1.87. The molecule has 1 atom stereocenters. The summed E-state index contributed by atoms with van der Waals surface area (Å²) in [5.41, 5.74) is 3.08. The molecular weight excluding hydrogens is 194 g/mol. The molecule has 1 aromatic rings. The monoisotopic (exact) mass is 217 g/mol. The minimum Gasteiger partial charge on any atom is -0.311 e. The molecule has 0 heterocycles. The zero-order valence-electron chi connectivity index (χ0n) is 10.7. The highest BCUT2D eigenvalue weighted by atomic mass is 14.9. The van der Waals surface area contributed by atoms with Crippen molar-refractivity contribution in [2.45, 2.75) is 52.1 Å². The average molecular weight is 217 g/mol. The van der Waals surface area contributed by atoms with E-state index < -0.39 is 0 Å². The minimum absolute atomic E-state index is 0.638. The molecule has 0 radical (unpaired) electrons. The van der Waals surface area contributed by atoms with Crippen LogP contribution in [0.15, 0.2) is 24.3 Å². The van der Waals surface area contributed by atoms with E-state index in [9.17, 15) is 0 Å². The fourth-order valence-electron chi connectivity index (χ4n) is 2.85. The number of hydrogen-bond acceptors (Lipinski definition) is 1. The van der Waals surface area contributed by atoms with E-state index in [0.29, 0.717) is 12.1 Å². The zero-order valence-corrected chi connectivity index (χ0v) is 10.7. The number of nitrogens with one attached hydrogen (secondary N) is 1. The third-order valence-corrected chi connectivity index (χ3v) is 3.40. The Morgan fingerprint density at radius 3 is 2.19 bits per heavy atom. The van der Waals surface area contributed by atoms with E-state index in [-0.39, 0.29) is 0 Å². The van der Waals surface area contributed by atoms with Gasteiger partial charge < -0.3 is 5.32 Å². The highest BCUT2D eigenvalue weighted by molar-refractivity contribution is 5.33. The van der Waals surface area contributed by atoms with Crippen molar-refractivity contribution in [2.75, 3.05) is 0 Å². The lowest BCUT2D eigenvalue weighted by Gasteiger charge is -2.20. The van der Waals surface area contributed by atoms with E-state index in [4.69, 9.17) is 0 Å². The summed E-state index contributed by atoms with van der Waals surface area (Å²) in [5.74, 6) is 0.784. The van der Waals surface area contributed by atoms with Gasteiger partial charge in [0.05, 0.1) is 0 Å². The first-order chi connectivity index (χ1) is 7.65. The van der Waals surface area contributed by atoms with Gasteiger partial charge >= 0.3 is 0 Å². The first-order valence-electron chi connectivity index (χ1n) is 6.48. The Bertz CT molecular complexity index is 318. The van der Waals surface area contributed by atoms with Crippen LogP contribution in [-0.4, -0.2) is 12.1 Å². The lowest BCUT2D eigenvalue weighted by Crippen LogP contribution is -2.37. The first-order valence-corrected chi connectivity index (χ1v) is 6.48. The van der Waals surface area contributed by atoms with Gasteiger partial charge in [0.2, 0.25) is 0 Å². The number of fused-ring (bicyclic) bond motifs is 1. The van der Waals surface area contributed by atoms with Gasteiger partial charge in [0.15, 0.2) is 0 Å². The first kappa shape index (κ1) is 11.7. The molecule has 0 fully saturated rings. The van der Waals surface area contributed by atoms with Gasteiger partial charge in [-0.25, -0.2) is 0 Å². The fraction of sp³-hybridized carbons (Fsp3) is 0.600. The smallest absolute Gasteiger partial charge is 0.0150 e. The maximum atomic E-state index is 3.76. The molecule has 0 bridgehead atoms. The summed E-state index contributed by atoms with van der Waals surface area (Å²) < 4.78 is 0. The molecule has 88 valence electrons. The molecule has 1 unspecified atom stereocenters. The van der Waals surface area contributed by atoms with Crippen molar-refractivity contribution < 1.29 is 0 Å². The van der Waals surface area contributed by atoms with E-state index in [2.05, 4.69) is 50.4 Å². The highest BCUT2D eigenvalue weighted by Crippen LogP contribution is 2.22. The van der Waals surface area contributed by atoms with E-state index in [1.807, 2.05) is 0 Å². The Morgan fingerprint density at radius 2 is 1.69 bits per heavy atom. The van der Waals surface area contributed by atoms with Crippen LogP contribution >= 0.6 is 0 Å². The van der Waals surface area contributed by atoms with Crippen molar-refractivity contribution in [3.63, 3.8) is 0 Å². The van der Waals surface area contributed by atoms with E-state index >= 15 is 0 Å². The van der Waals surface area contributed by atoms with Crippen molar-refractivity contribution in [3.8, 4) is 0 Å². The Hall–Kier alpha value is -0.820. The molecule has 1 N–H and O–H groups in total. The molecule has 0 amide bonds. The van der Waals surface area contributed by atoms with Crippen molar-refractivity contribution >= 4 is 0 Å². The van der Waals surface area contributed by atoms with Crippen LogP contribution in [0.3, 0.4) is 0 Å². The normalized spacial score (nSPS) is 17.8. The molecule has 0 saturated carbocycles. The van der Waals surface area contributed by atoms with Crippen LogP contribution in [0.4, 0.5) is 0 Å². The van der Waals surface area contributed by atoms with Gasteiger partial charge in [-0.05, 0) is 43.2 Å². The van der Waals surface area contributed by atoms with Gasteiger partial charge in [-0.3, -0.25) is 0 Å². The summed E-state index contributed by atoms with van der Waals surface area (Å²) in [5, 5.41) is 3.76. The second-order valence-corrected chi connectivity index (χ2v) is 5.57. The van der Waals surface area contributed by atoms with Gasteiger partial charge in [-0.2, -0.15) is 0 Å². The van der Waals surface area contributed by atoms with E-state index in [1.165, 1.54) is 30.4 Å². The maximum absolute atomic E-state index is 3.76. The zero-order chi connectivity index (χ0) is 11.5. The quantitative estimate of drug-likeness (QED) is 0.817. The van der Waals surface area contributed by atoms with E-state index in [1.54, 1.807) is 0 Å². The largest absolute Gasteiger partial charge is 0.311 e. The third kappa shape index (κ3) is 2.85. The van der Waals surface area contributed by atoms with Crippen LogP contribution in [0.2, 0.25) is 0 Å². The third-order valence-electron chi connectivity index (χ3n) is 3.40. The maximum Gasteiger partial charge on any atom is 0.0150 e. The molecule has 1 nitrogen and oxygen atoms in total. The molecule has 16 heavy (non-hydrogen) atoms. The number of hydrogen-bond donors (Lipinski definition) is 1. The molecule has 0 aromatic heterocycles. The van der Waals surface area contributed by atoms with Crippen LogP contribution in [0, 0.1) is 5.92 Å². The average Bonchev–Trinajstić information content (AvgIpc) is 2.57. The molecule has 0 spiro atoms. The fourth-order valence-corrected chi connectivity index (χ4v) is 2.85. The molecule has 1 aliphatic rings. The van der Waals surface area contributed by atoms with E-state index in [0.717, 1.165) is 5.92 Å². The summed E-state index contributed by atoms with van der Waals surface area (Å²) in [4.78, 5) is 0. The van der Waals surface area contributed by atoms with Crippen molar-refractivity contribution in [1.82, 2.24) is 5.32 Å². The lowest BCUT2D eigenvalue weighted by atomic mass is 10.0. The van der Waals surface area contributed by atoms with Gasteiger partial charge in [0.25, 0.3) is 0 Å². The van der Waals surface area contributed by atoms with Crippen molar-refractivity contribution in [1.29, 1.82) is 0 Å². The lowest BCUT2D eigenvalue weighted by molar-refractivity contribution is 0.395. The molecule has 2 rings (SSSR count). The molecule has 0 aliphatic heterocycles. The second-order valence-electron chi connectivity index (χ2n) is 5.57. The van der Waals surface area contributed by atoms with Gasteiger partial charge in [-0.1, -0.05) is 38.1 Å². The molecule has 0 saturated heterocycles. The van der Waals surface area contributed by atoms with Crippen molar-refractivity contribution in [3.05, 3.63) is 35.4 Å². The van der Waals surface area contributed by atoms with Crippen LogP contribution in [0.25, 0.3) is 0 Å². The highest BCUT2D eigenvalue weighted by Gasteiger charge is 2.21. The summed E-state index contributed by atoms with van der Waals surface area (Å²) in [6, 6.07) is 10.1. The summed E-state index contributed by atoms with van der Waals surface area (Å²) in [6.07, 6.45) is 3.68. The Morgan fingerprint density at radius 1 is 1.12 bits per heavy atom. The molecular formula is C15H23N. The van der Waals surface area contributed by atoms with Gasteiger partial charge in [-0.15, -0.1) is 0 Å².